The molecule has 6 heteroatoms. The molecule has 5 nitrogen and oxygen atoms in total. The quantitative estimate of drug-likeness (QED) is 0.800. The predicted molar refractivity (Wildman–Crippen MR) is 117 cm³/mol. The average molecular weight is 418 g/mol. The second kappa shape index (κ2) is 9.61. The number of piperidine rings is 2. The summed E-state index contributed by atoms with van der Waals surface area (Å²) in [5, 5.41) is 3.16. The fourth-order valence-electron chi connectivity index (χ4n) is 4.88. The van der Waals surface area contributed by atoms with Crippen LogP contribution in [-0.2, 0) is 17.6 Å². The van der Waals surface area contributed by atoms with Gasteiger partial charge < -0.3 is 15.1 Å². The Hall–Kier alpha value is -1.40. The number of rotatable bonds is 5. The predicted octanol–water partition coefficient (Wildman–Crippen LogP) is 3.33. The molecule has 0 bridgehead atoms. The molecule has 4 rings (SSSR count). The van der Waals surface area contributed by atoms with Crippen molar-refractivity contribution in [3.63, 3.8) is 0 Å². The Bertz CT molecular complexity index is 718. The largest absolute Gasteiger partial charge is 0.355 e. The van der Waals surface area contributed by atoms with Crippen LogP contribution in [0.1, 0.15) is 65.6 Å². The van der Waals surface area contributed by atoms with E-state index in [2.05, 4.69) is 23.2 Å². The molecule has 0 saturated carbocycles. The Morgan fingerprint density at radius 1 is 1.10 bits per heavy atom. The molecule has 1 N–H and O–H groups in total. The molecule has 2 saturated heterocycles. The minimum absolute atomic E-state index is 0.0530. The lowest BCUT2D eigenvalue weighted by Crippen LogP contribution is -2.40. The summed E-state index contributed by atoms with van der Waals surface area (Å²) in [5.41, 5.74) is 1.23. The molecule has 1 aromatic rings. The number of aryl methyl sites for hydroxylation is 1. The molecular formula is C23H35N3O2S. The van der Waals surface area contributed by atoms with Crippen LogP contribution < -0.4 is 5.32 Å². The van der Waals surface area contributed by atoms with Gasteiger partial charge in [0.2, 0.25) is 5.91 Å². The summed E-state index contributed by atoms with van der Waals surface area (Å²) < 4.78 is 0. The third-order valence-electron chi connectivity index (χ3n) is 6.91. The van der Waals surface area contributed by atoms with Crippen molar-refractivity contribution in [3.05, 3.63) is 21.4 Å². The molecule has 1 atom stereocenters. The van der Waals surface area contributed by atoms with E-state index in [1.807, 2.05) is 4.90 Å². The standard InChI is InChI=1S/C23H35N3O2S/c1-17-7-12-26(13-8-17)23(28)21-16-19-15-18(5-6-20(19)29-21)22(27)24-9-14-25-10-3-2-4-11-25/h16-18H,2-15H2,1H3,(H,24,27)/t18-/m0/s1. The third kappa shape index (κ3) is 5.21. The van der Waals surface area contributed by atoms with E-state index in [1.54, 1.807) is 11.3 Å². The van der Waals surface area contributed by atoms with Gasteiger partial charge in [-0.3, -0.25) is 9.59 Å². The van der Waals surface area contributed by atoms with E-state index in [-0.39, 0.29) is 17.7 Å². The molecule has 160 valence electrons. The van der Waals surface area contributed by atoms with Crippen LogP contribution in [0.5, 0.6) is 0 Å². The Balaban J connectivity index is 1.28. The number of carbonyl (C=O) groups is 2. The number of carbonyl (C=O) groups excluding carboxylic acids is 2. The lowest BCUT2D eigenvalue weighted by molar-refractivity contribution is -0.125. The molecule has 0 aromatic carbocycles. The van der Waals surface area contributed by atoms with Crippen LogP contribution in [0.4, 0.5) is 0 Å². The maximum absolute atomic E-state index is 12.9. The van der Waals surface area contributed by atoms with Gasteiger partial charge in [-0.05, 0) is 75.6 Å². The summed E-state index contributed by atoms with van der Waals surface area (Å²) in [6.07, 6.45) is 8.74. The summed E-state index contributed by atoms with van der Waals surface area (Å²) in [4.78, 5) is 32.2. The Morgan fingerprint density at radius 2 is 1.86 bits per heavy atom. The summed E-state index contributed by atoms with van der Waals surface area (Å²) in [6.45, 7) is 8.09. The van der Waals surface area contributed by atoms with E-state index in [9.17, 15) is 9.59 Å². The molecule has 0 spiro atoms. The van der Waals surface area contributed by atoms with Crippen LogP contribution >= 0.6 is 11.3 Å². The van der Waals surface area contributed by atoms with Gasteiger partial charge in [-0.15, -0.1) is 11.3 Å². The summed E-state index contributed by atoms with van der Waals surface area (Å²) in [5.74, 6) is 1.16. The smallest absolute Gasteiger partial charge is 0.263 e. The lowest BCUT2D eigenvalue weighted by atomic mass is 9.87. The number of nitrogens with one attached hydrogen (secondary N) is 1. The molecular weight excluding hydrogens is 382 g/mol. The fraction of sp³-hybridized carbons (Fsp3) is 0.739. The van der Waals surface area contributed by atoms with Crippen LogP contribution in [0.25, 0.3) is 0 Å². The number of thiophene rings is 1. The summed E-state index contributed by atoms with van der Waals surface area (Å²) in [6, 6.07) is 2.08. The van der Waals surface area contributed by atoms with Crippen molar-refractivity contribution in [2.45, 2.75) is 58.3 Å². The van der Waals surface area contributed by atoms with Gasteiger partial charge in [-0.2, -0.15) is 0 Å². The molecule has 29 heavy (non-hydrogen) atoms. The number of hydrogen-bond acceptors (Lipinski definition) is 4. The minimum Gasteiger partial charge on any atom is -0.355 e. The SMILES string of the molecule is CC1CCN(C(=O)c2cc3c(s2)CC[C@H](C(=O)NCCN2CCCCC2)C3)CC1. The van der Waals surface area contributed by atoms with E-state index in [4.69, 9.17) is 0 Å². The maximum Gasteiger partial charge on any atom is 0.263 e. The molecule has 3 aliphatic rings. The Morgan fingerprint density at radius 3 is 2.62 bits per heavy atom. The van der Waals surface area contributed by atoms with E-state index >= 15 is 0 Å². The Labute approximate surface area is 178 Å². The normalized spacial score (nSPS) is 23.6. The van der Waals surface area contributed by atoms with Crippen molar-refractivity contribution >= 4 is 23.2 Å². The number of hydrogen-bond donors (Lipinski definition) is 1. The minimum atomic E-state index is 0.0530. The van der Waals surface area contributed by atoms with Crippen molar-refractivity contribution in [1.29, 1.82) is 0 Å². The highest BCUT2D eigenvalue weighted by atomic mass is 32.1. The molecule has 0 radical (unpaired) electrons. The van der Waals surface area contributed by atoms with Crippen molar-refractivity contribution in [2.75, 3.05) is 39.3 Å². The van der Waals surface area contributed by atoms with Crippen molar-refractivity contribution < 1.29 is 9.59 Å². The highest BCUT2D eigenvalue weighted by Gasteiger charge is 2.29. The molecule has 0 unspecified atom stereocenters. The van der Waals surface area contributed by atoms with Crippen LogP contribution in [0, 0.1) is 11.8 Å². The number of amides is 2. The highest BCUT2D eigenvalue weighted by molar-refractivity contribution is 7.14. The number of nitrogens with zero attached hydrogens (tertiary/aromatic N) is 2. The fourth-order valence-corrected chi connectivity index (χ4v) is 6.06. The zero-order valence-electron chi connectivity index (χ0n) is 17.8. The first kappa shape index (κ1) is 20.9. The van der Waals surface area contributed by atoms with E-state index in [1.165, 1.54) is 42.8 Å². The van der Waals surface area contributed by atoms with Gasteiger partial charge in [-0.1, -0.05) is 13.3 Å². The summed E-state index contributed by atoms with van der Waals surface area (Å²) in [7, 11) is 0. The van der Waals surface area contributed by atoms with Crippen LogP contribution in [0.15, 0.2) is 6.07 Å². The van der Waals surface area contributed by atoms with Gasteiger partial charge in [0.15, 0.2) is 0 Å². The first-order chi connectivity index (χ1) is 14.1. The van der Waals surface area contributed by atoms with Crippen molar-refractivity contribution in [1.82, 2.24) is 15.1 Å². The zero-order chi connectivity index (χ0) is 20.2. The number of likely N-dealkylation sites (tertiary alicyclic amines) is 2. The second-order valence-corrected chi connectivity index (χ2v) is 10.3. The third-order valence-corrected chi connectivity index (χ3v) is 8.14. The molecule has 2 amide bonds. The molecule has 1 aliphatic carbocycles. The molecule has 2 fully saturated rings. The van der Waals surface area contributed by atoms with Gasteiger partial charge in [0.05, 0.1) is 4.88 Å². The van der Waals surface area contributed by atoms with Gasteiger partial charge >= 0.3 is 0 Å². The van der Waals surface area contributed by atoms with Crippen LogP contribution in [0.2, 0.25) is 0 Å². The monoisotopic (exact) mass is 417 g/mol. The Kier molecular flexibility index (Phi) is 6.91. The molecule has 3 heterocycles. The van der Waals surface area contributed by atoms with Crippen LogP contribution in [-0.4, -0.2) is 60.9 Å². The van der Waals surface area contributed by atoms with Gasteiger partial charge in [0, 0.05) is 37.0 Å². The highest BCUT2D eigenvalue weighted by Crippen LogP contribution is 2.33. The average Bonchev–Trinajstić information content (AvgIpc) is 3.18. The maximum atomic E-state index is 12.9. The lowest BCUT2D eigenvalue weighted by Gasteiger charge is -2.29. The van der Waals surface area contributed by atoms with E-state index in [0.717, 1.165) is 69.1 Å². The van der Waals surface area contributed by atoms with Gasteiger partial charge in [-0.25, -0.2) is 0 Å². The van der Waals surface area contributed by atoms with Gasteiger partial charge in [0.1, 0.15) is 0 Å². The molecule has 2 aliphatic heterocycles. The van der Waals surface area contributed by atoms with Crippen LogP contribution in [0.3, 0.4) is 0 Å². The second-order valence-electron chi connectivity index (χ2n) is 9.17. The first-order valence-electron chi connectivity index (χ1n) is 11.5. The topological polar surface area (TPSA) is 52.7 Å². The van der Waals surface area contributed by atoms with E-state index in [0.29, 0.717) is 0 Å². The summed E-state index contributed by atoms with van der Waals surface area (Å²) >= 11 is 1.66. The van der Waals surface area contributed by atoms with Gasteiger partial charge in [0.25, 0.3) is 5.91 Å². The molecule has 1 aromatic heterocycles. The number of fused-ring (bicyclic) bond motifs is 1. The van der Waals surface area contributed by atoms with Crippen molar-refractivity contribution in [3.8, 4) is 0 Å². The zero-order valence-corrected chi connectivity index (χ0v) is 18.6. The van der Waals surface area contributed by atoms with Crippen molar-refractivity contribution in [2.24, 2.45) is 11.8 Å². The first-order valence-corrected chi connectivity index (χ1v) is 12.3. The van der Waals surface area contributed by atoms with E-state index < -0.39 is 0 Å².